The third-order valence-electron chi connectivity index (χ3n) is 4.37. The van der Waals surface area contributed by atoms with Crippen LogP contribution in [-0.2, 0) is 4.74 Å². The number of nitrogens with one attached hydrogen (secondary N) is 1. The largest absolute Gasteiger partial charge is 0.374 e. The molecule has 1 aromatic heterocycles. The van der Waals surface area contributed by atoms with E-state index in [1.54, 1.807) is 0 Å². The number of nitrogens with zero attached hydrogens (tertiary/aromatic N) is 2. The van der Waals surface area contributed by atoms with E-state index >= 15 is 0 Å². The molecule has 0 spiro atoms. The van der Waals surface area contributed by atoms with Gasteiger partial charge in [0.1, 0.15) is 5.82 Å². The van der Waals surface area contributed by atoms with Gasteiger partial charge < -0.3 is 10.1 Å². The van der Waals surface area contributed by atoms with Gasteiger partial charge >= 0.3 is 0 Å². The molecule has 0 aromatic carbocycles. The highest BCUT2D eigenvalue weighted by Crippen LogP contribution is 2.43. The molecule has 2 bridgehead atoms. The third kappa shape index (κ3) is 1.93. The minimum atomic E-state index is 0.301. The Morgan fingerprint density at radius 2 is 2.28 bits per heavy atom. The van der Waals surface area contributed by atoms with Crippen LogP contribution >= 0.6 is 0 Å². The minimum Gasteiger partial charge on any atom is -0.374 e. The first-order valence-corrected chi connectivity index (χ1v) is 6.85. The topological polar surface area (TPSA) is 47.0 Å². The van der Waals surface area contributed by atoms with Crippen molar-refractivity contribution in [2.45, 2.75) is 57.3 Å². The second-order valence-electron chi connectivity index (χ2n) is 5.50. The molecule has 98 valence electrons. The van der Waals surface area contributed by atoms with Gasteiger partial charge in [-0.05, 0) is 40.2 Å². The fraction of sp³-hybridized carbons (Fsp3) is 0.714. The van der Waals surface area contributed by atoms with Crippen LogP contribution in [0.5, 0.6) is 0 Å². The summed E-state index contributed by atoms with van der Waals surface area (Å²) in [5.74, 6) is 1.40. The maximum atomic E-state index is 5.89. The minimum absolute atomic E-state index is 0.301. The standard InChI is InChI=1S/C14H21N3O/c1-8(15-3)12-7-16-14(17-9(12)2)11-6-10-4-5-13(11)18-10/h7-8,10-11,13,15H,4-6H2,1-3H3. The van der Waals surface area contributed by atoms with E-state index < -0.39 is 0 Å². The van der Waals surface area contributed by atoms with Crippen molar-refractivity contribution in [3.05, 3.63) is 23.3 Å². The molecule has 1 N–H and O–H groups in total. The molecule has 2 fully saturated rings. The molecule has 0 radical (unpaired) electrons. The molecule has 0 saturated carbocycles. The fourth-order valence-corrected chi connectivity index (χ4v) is 3.16. The zero-order valence-electron chi connectivity index (χ0n) is 11.3. The van der Waals surface area contributed by atoms with Crippen molar-refractivity contribution in [3.63, 3.8) is 0 Å². The number of aryl methyl sites for hydroxylation is 1. The highest BCUT2D eigenvalue weighted by atomic mass is 16.5. The molecule has 0 aliphatic carbocycles. The molecule has 3 rings (SSSR count). The number of fused-ring (bicyclic) bond motifs is 2. The smallest absolute Gasteiger partial charge is 0.134 e. The van der Waals surface area contributed by atoms with Gasteiger partial charge in [-0.15, -0.1) is 0 Å². The second-order valence-corrected chi connectivity index (χ2v) is 5.50. The van der Waals surface area contributed by atoms with Crippen molar-refractivity contribution in [2.24, 2.45) is 0 Å². The predicted octanol–water partition coefficient (Wildman–Crippen LogP) is 2.10. The fourth-order valence-electron chi connectivity index (χ4n) is 3.16. The van der Waals surface area contributed by atoms with Gasteiger partial charge in [0.05, 0.1) is 12.2 Å². The number of aromatic nitrogens is 2. The normalized spacial score (nSPS) is 31.8. The van der Waals surface area contributed by atoms with E-state index in [0.717, 1.165) is 17.9 Å². The van der Waals surface area contributed by atoms with Gasteiger partial charge in [-0.2, -0.15) is 0 Å². The Balaban J connectivity index is 1.84. The first-order chi connectivity index (χ1) is 8.69. The number of rotatable bonds is 3. The van der Waals surface area contributed by atoms with Crippen LogP contribution in [0, 0.1) is 6.92 Å². The average molecular weight is 247 g/mol. The van der Waals surface area contributed by atoms with Crippen LogP contribution in [0.2, 0.25) is 0 Å². The summed E-state index contributed by atoms with van der Waals surface area (Å²) in [7, 11) is 1.96. The summed E-state index contributed by atoms with van der Waals surface area (Å²) in [6, 6.07) is 0.301. The third-order valence-corrected chi connectivity index (χ3v) is 4.37. The van der Waals surface area contributed by atoms with E-state index in [9.17, 15) is 0 Å². The van der Waals surface area contributed by atoms with E-state index in [1.807, 2.05) is 13.2 Å². The van der Waals surface area contributed by atoms with Gasteiger partial charge in [0.25, 0.3) is 0 Å². The van der Waals surface area contributed by atoms with Gasteiger partial charge in [-0.1, -0.05) is 0 Å². The Morgan fingerprint density at radius 1 is 1.44 bits per heavy atom. The maximum Gasteiger partial charge on any atom is 0.134 e. The molecule has 4 unspecified atom stereocenters. The maximum absolute atomic E-state index is 5.89. The summed E-state index contributed by atoms with van der Waals surface area (Å²) in [5.41, 5.74) is 2.27. The van der Waals surface area contributed by atoms with Crippen molar-refractivity contribution >= 4 is 0 Å². The number of hydrogen-bond donors (Lipinski definition) is 1. The lowest BCUT2D eigenvalue weighted by Crippen LogP contribution is -2.20. The number of ether oxygens (including phenoxy) is 1. The lowest BCUT2D eigenvalue weighted by atomic mass is 9.88. The number of hydrogen-bond acceptors (Lipinski definition) is 4. The molecule has 4 heteroatoms. The Labute approximate surface area is 108 Å². The summed E-state index contributed by atoms with van der Waals surface area (Å²) in [6.45, 7) is 4.20. The van der Waals surface area contributed by atoms with E-state index in [-0.39, 0.29) is 0 Å². The first kappa shape index (κ1) is 12.1. The van der Waals surface area contributed by atoms with Crippen LogP contribution in [0.3, 0.4) is 0 Å². The molecular weight excluding hydrogens is 226 g/mol. The van der Waals surface area contributed by atoms with Gasteiger partial charge in [0, 0.05) is 29.4 Å². The highest BCUT2D eigenvalue weighted by Gasteiger charge is 2.42. The molecule has 4 atom stereocenters. The molecule has 2 saturated heterocycles. The van der Waals surface area contributed by atoms with Crippen molar-refractivity contribution in [1.82, 2.24) is 15.3 Å². The molecule has 18 heavy (non-hydrogen) atoms. The zero-order valence-corrected chi connectivity index (χ0v) is 11.3. The van der Waals surface area contributed by atoms with Crippen LogP contribution in [0.4, 0.5) is 0 Å². The van der Waals surface area contributed by atoms with E-state index in [2.05, 4.69) is 24.1 Å². The molecule has 1 aromatic rings. The lowest BCUT2D eigenvalue weighted by molar-refractivity contribution is 0.0998. The van der Waals surface area contributed by atoms with Gasteiger partial charge in [-0.25, -0.2) is 9.97 Å². The van der Waals surface area contributed by atoms with Crippen LogP contribution in [0.15, 0.2) is 6.20 Å². The van der Waals surface area contributed by atoms with Crippen LogP contribution in [-0.4, -0.2) is 29.2 Å². The molecule has 2 aliphatic rings. The summed E-state index contributed by atoms with van der Waals surface area (Å²) in [5, 5.41) is 3.23. The Morgan fingerprint density at radius 3 is 2.83 bits per heavy atom. The molecule has 3 heterocycles. The molecular formula is C14H21N3O. The molecule has 2 aliphatic heterocycles. The quantitative estimate of drug-likeness (QED) is 0.888. The molecule has 0 amide bonds. The van der Waals surface area contributed by atoms with E-state index in [1.165, 1.54) is 18.4 Å². The van der Waals surface area contributed by atoms with E-state index in [0.29, 0.717) is 24.2 Å². The van der Waals surface area contributed by atoms with Crippen molar-refractivity contribution < 1.29 is 4.74 Å². The van der Waals surface area contributed by atoms with Crippen molar-refractivity contribution in [2.75, 3.05) is 7.05 Å². The van der Waals surface area contributed by atoms with Crippen molar-refractivity contribution in [1.29, 1.82) is 0 Å². The van der Waals surface area contributed by atoms with Gasteiger partial charge in [-0.3, -0.25) is 0 Å². The van der Waals surface area contributed by atoms with Crippen LogP contribution < -0.4 is 5.32 Å². The predicted molar refractivity (Wildman–Crippen MR) is 69.5 cm³/mol. The molecule has 4 nitrogen and oxygen atoms in total. The summed E-state index contributed by atoms with van der Waals surface area (Å²) >= 11 is 0. The Kier molecular flexibility index (Phi) is 3.08. The highest BCUT2D eigenvalue weighted by molar-refractivity contribution is 5.22. The SMILES string of the molecule is CNC(C)c1cnc(C2CC3CCC2O3)nc1C. The summed E-state index contributed by atoms with van der Waals surface area (Å²) in [6.07, 6.45) is 6.29. The summed E-state index contributed by atoms with van der Waals surface area (Å²) in [4.78, 5) is 9.29. The van der Waals surface area contributed by atoms with Crippen LogP contribution in [0.25, 0.3) is 0 Å². The first-order valence-electron chi connectivity index (χ1n) is 6.85. The Bertz CT molecular complexity index is 449. The lowest BCUT2D eigenvalue weighted by Gasteiger charge is -2.19. The van der Waals surface area contributed by atoms with Gasteiger partial charge in [0.2, 0.25) is 0 Å². The second kappa shape index (κ2) is 4.59. The van der Waals surface area contributed by atoms with Crippen molar-refractivity contribution in [3.8, 4) is 0 Å². The summed E-state index contributed by atoms with van der Waals surface area (Å²) < 4.78 is 5.89. The van der Waals surface area contributed by atoms with Crippen LogP contribution in [0.1, 0.15) is 55.2 Å². The average Bonchev–Trinajstić information content (AvgIpc) is 3.00. The monoisotopic (exact) mass is 247 g/mol. The van der Waals surface area contributed by atoms with Gasteiger partial charge in [0.15, 0.2) is 0 Å². The Hall–Kier alpha value is -1.00. The zero-order chi connectivity index (χ0) is 12.7. The van der Waals surface area contributed by atoms with E-state index in [4.69, 9.17) is 9.72 Å².